The summed E-state index contributed by atoms with van der Waals surface area (Å²) < 4.78 is 28.7. The first-order valence-corrected chi connectivity index (χ1v) is 9.48. The van der Waals surface area contributed by atoms with Crippen LogP contribution < -0.4 is 4.72 Å². The molecule has 2 aromatic rings. The number of benzene rings is 1. The monoisotopic (exact) mass is 338 g/mol. The van der Waals surface area contributed by atoms with Gasteiger partial charge in [0.1, 0.15) is 4.21 Å². The fourth-order valence-corrected chi connectivity index (χ4v) is 5.13. The molecule has 1 N–H and O–H groups in total. The fraction of sp³-hybridized carbons (Fsp3) is 0.400. The molecule has 5 nitrogen and oxygen atoms in total. The van der Waals surface area contributed by atoms with E-state index in [2.05, 4.69) is 4.72 Å². The van der Waals surface area contributed by atoms with Gasteiger partial charge in [-0.1, -0.05) is 18.2 Å². The second-order valence-electron chi connectivity index (χ2n) is 5.63. The lowest BCUT2D eigenvalue weighted by molar-refractivity contribution is -0.133. The summed E-state index contributed by atoms with van der Waals surface area (Å²) in [6, 6.07) is 9.30. The molecule has 2 heterocycles. The van der Waals surface area contributed by atoms with Gasteiger partial charge in [0.2, 0.25) is 15.9 Å². The maximum absolute atomic E-state index is 12.4. The first-order valence-electron chi connectivity index (χ1n) is 7.18. The summed E-state index contributed by atoms with van der Waals surface area (Å²) in [7, 11) is -1.73. The van der Waals surface area contributed by atoms with Gasteiger partial charge in [0, 0.05) is 31.3 Å². The second-order valence-corrected chi connectivity index (χ2v) is 8.71. The number of hydrogen-bond acceptors (Lipinski definition) is 4. The molecule has 0 bridgehead atoms. The number of nitrogens with one attached hydrogen (secondary N) is 1. The van der Waals surface area contributed by atoms with E-state index in [1.807, 2.05) is 24.3 Å². The molecule has 1 aliphatic rings. The van der Waals surface area contributed by atoms with Crippen LogP contribution in [0.25, 0.3) is 10.1 Å². The van der Waals surface area contributed by atoms with Crippen LogP contribution in [0.1, 0.15) is 12.8 Å². The summed E-state index contributed by atoms with van der Waals surface area (Å²) >= 11 is 1.27. The van der Waals surface area contributed by atoms with Gasteiger partial charge in [-0.2, -0.15) is 0 Å². The molecule has 1 fully saturated rings. The van der Waals surface area contributed by atoms with Gasteiger partial charge in [-0.3, -0.25) is 4.79 Å². The number of piperidine rings is 1. The van der Waals surface area contributed by atoms with Gasteiger partial charge in [-0.15, -0.1) is 11.3 Å². The normalized spacial score (nSPS) is 19.8. The largest absolute Gasteiger partial charge is 0.346 e. The molecule has 1 aliphatic heterocycles. The van der Waals surface area contributed by atoms with Crippen molar-refractivity contribution in [3.05, 3.63) is 30.3 Å². The lowest BCUT2D eigenvalue weighted by Gasteiger charge is -2.28. The predicted octanol–water partition coefficient (Wildman–Crippen LogP) is 2.05. The lowest BCUT2D eigenvalue weighted by atomic mass is 9.97. The van der Waals surface area contributed by atoms with E-state index in [9.17, 15) is 13.2 Å². The van der Waals surface area contributed by atoms with E-state index < -0.39 is 10.0 Å². The number of fused-ring (bicyclic) bond motifs is 1. The number of nitrogens with zero attached hydrogens (tertiary/aromatic N) is 1. The van der Waals surface area contributed by atoms with Crippen molar-refractivity contribution in [2.45, 2.75) is 17.1 Å². The molecule has 3 rings (SSSR count). The minimum absolute atomic E-state index is 0.0767. The first kappa shape index (κ1) is 15.5. The minimum Gasteiger partial charge on any atom is -0.346 e. The predicted molar refractivity (Wildman–Crippen MR) is 87.4 cm³/mol. The SMILES string of the molecule is CN1CCC(CNS(=O)(=O)c2cc3ccccc3s2)CC1=O. The molecular formula is C15H18N2O3S2. The topological polar surface area (TPSA) is 66.5 Å². The van der Waals surface area contributed by atoms with Crippen LogP contribution in [0.15, 0.2) is 34.5 Å². The maximum Gasteiger partial charge on any atom is 0.250 e. The summed E-state index contributed by atoms with van der Waals surface area (Å²) in [6.07, 6.45) is 1.24. The summed E-state index contributed by atoms with van der Waals surface area (Å²) in [6.45, 7) is 1.00. The highest BCUT2D eigenvalue weighted by atomic mass is 32.2. The zero-order chi connectivity index (χ0) is 15.7. The second kappa shape index (κ2) is 5.98. The van der Waals surface area contributed by atoms with Crippen molar-refractivity contribution in [3.63, 3.8) is 0 Å². The van der Waals surface area contributed by atoms with Crippen LogP contribution in [0.3, 0.4) is 0 Å². The number of likely N-dealkylation sites (tertiary alicyclic amines) is 1. The molecule has 0 aliphatic carbocycles. The van der Waals surface area contributed by atoms with Gasteiger partial charge in [-0.05, 0) is 29.9 Å². The van der Waals surface area contributed by atoms with E-state index in [1.54, 1.807) is 18.0 Å². The van der Waals surface area contributed by atoms with Crippen molar-refractivity contribution in [2.75, 3.05) is 20.1 Å². The van der Waals surface area contributed by atoms with Crippen molar-refractivity contribution >= 4 is 37.4 Å². The maximum atomic E-state index is 12.4. The van der Waals surface area contributed by atoms with E-state index in [-0.39, 0.29) is 11.8 Å². The summed E-state index contributed by atoms with van der Waals surface area (Å²) in [5.74, 6) is 0.158. The summed E-state index contributed by atoms with van der Waals surface area (Å²) in [4.78, 5) is 13.4. The molecule has 1 atom stereocenters. The number of thiophene rings is 1. The van der Waals surface area contributed by atoms with Crippen LogP contribution in [0.4, 0.5) is 0 Å². The average Bonchev–Trinajstić information content (AvgIpc) is 2.93. The fourth-order valence-electron chi connectivity index (χ4n) is 2.57. The molecule has 1 amide bonds. The first-order chi connectivity index (χ1) is 10.5. The van der Waals surface area contributed by atoms with Gasteiger partial charge >= 0.3 is 0 Å². The number of amides is 1. The van der Waals surface area contributed by atoms with Gasteiger partial charge in [0.25, 0.3) is 0 Å². The molecule has 1 saturated heterocycles. The van der Waals surface area contributed by atoms with Crippen molar-refractivity contribution in [1.82, 2.24) is 9.62 Å². The molecule has 118 valence electrons. The molecule has 22 heavy (non-hydrogen) atoms. The molecular weight excluding hydrogens is 320 g/mol. The van der Waals surface area contributed by atoms with Crippen LogP contribution in [-0.2, 0) is 14.8 Å². The summed E-state index contributed by atoms with van der Waals surface area (Å²) in [5.41, 5.74) is 0. The zero-order valence-corrected chi connectivity index (χ0v) is 13.9. The van der Waals surface area contributed by atoms with Gasteiger partial charge in [0.05, 0.1) is 0 Å². The Balaban J connectivity index is 1.70. The van der Waals surface area contributed by atoms with E-state index in [4.69, 9.17) is 0 Å². The number of rotatable bonds is 4. The Labute approximate surface area is 134 Å². The Morgan fingerprint density at radius 3 is 2.86 bits per heavy atom. The van der Waals surface area contributed by atoms with Crippen molar-refractivity contribution in [3.8, 4) is 0 Å². The van der Waals surface area contributed by atoms with E-state index >= 15 is 0 Å². The Morgan fingerprint density at radius 2 is 2.14 bits per heavy atom. The molecule has 1 aromatic carbocycles. The number of carbonyl (C=O) groups is 1. The zero-order valence-electron chi connectivity index (χ0n) is 12.3. The third-order valence-electron chi connectivity index (χ3n) is 3.99. The molecule has 1 unspecified atom stereocenters. The van der Waals surface area contributed by atoms with E-state index in [1.165, 1.54) is 11.3 Å². The van der Waals surface area contributed by atoms with Crippen molar-refractivity contribution in [1.29, 1.82) is 0 Å². The third-order valence-corrected chi connectivity index (χ3v) is 7.00. The highest BCUT2D eigenvalue weighted by Crippen LogP contribution is 2.28. The van der Waals surface area contributed by atoms with Crippen molar-refractivity contribution < 1.29 is 13.2 Å². The molecule has 0 radical (unpaired) electrons. The van der Waals surface area contributed by atoms with Crippen LogP contribution >= 0.6 is 11.3 Å². The smallest absolute Gasteiger partial charge is 0.250 e. The lowest BCUT2D eigenvalue weighted by Crippen LogP contribution is -2.40. The highest BCUT2D eigenvalue weighted by molar-refractivity contribution is 7.91. The average molecular weight is 338 g/mol. The van der Waals surface area contributed by atoms with Gasteiger partial charge in [0.15, 0.2) is 0 Å². The van der Waals surface area contributed by atoms with Crippen LogP contribution in [-0.4, -0.2) is 39.4 Å². The Kier molecular flexibility index (Phi) is 4.20. The molecule has 1 aromatic heterocycles. The summed E-state index contributed by atoms with van der Waals surface area (Å²) in [5, 5.41) is 0.933. The molecule has 7 heteroatoms. The number of sulfonamides is 1. The van der Waals surface area contributed by atoms with Gasteiger partial charge < -0.3 is 4.90 Å². The minimum atomic E-state index is -3.51. The number of carbonyl (C=O) groups excluding carboxylic acids is 1. The van der Waals surface area contributed by atoms with E-state index in [0.29, 0.717) is 23.7 Å². The Morgan fingerprint density at radius 1 is 1.36 bits per heavy atom. The van der Waals surface area contributed by atoms with Crippen molar-refractivity contribution in [2.24, 2.45) is 5.92 Å². The van der Waals surface area contributed by atoms with Crippen LogP contribution in [0.5, 0.6) is 0 Å². The number of hydrogen-bond donors (Lipinski definition) is 1. The van der Waals surface area contributed by atoms with Crippen LogP contribution in [0, 0.1) is 5.92 Å². The highest BCUT2D eigenvalue weighted by Gasteiger charge is 2.25. The van der Waals surface area contributed by atoms with E-state index in [0.717, 1.165) is 16.5 Å². The Hall–Kier alpha value is -1.44. The standard InChI is InChI=1S/C15H18N2O3S2/c1-17-7-6-11(8-14(17)18)10-16-22(19,20)15-9-12-4-2-3-5-13(12)21-15/h2-5,9,11,16H,6-8,10H2,1H3. The van der Waals surface area contributed by atoms with Crippen LogP contribution in [0.2, 0.25) is 0 Å². The van der Waals surface area contributed by atoms with Gasteiger partial charge in [-0.25, -0.2) is 13.1 Å². The third kappa shape index (κ3) is 3.16. The molecule has 0 spiro atoms. The molecule has 0 saturated carbocycles. The quantitative estimate of drug-likeness (QED) is 0.928. The Bertz CT molecular complexity index is 765.